The van der Waals surface area contributed by atoms with Crippen LogP contribution in [0.25, 0.3) is 0 Å². The van der Waals surface area contributed by atoms with Gasteiger partial charge in [0.15, 0.2) is 9.84 Å². The first-order chi connectivity index (χ1) is 6.50. The fourth-order valence-electron chi connectivity index (χ4n) is 2.40. The predicted molar refractivity (Wildman–Crippen MR) is 51.5 cm³/mol. The second-order valence-electron chi connectivity index (χ2n) is 4.05. The number of carbonyl (C=O) groups is 1. The molecule has 14 heavy (non-hydrogen) atoms. The monoisotopic (exact) mass is 218 g/mol. The van der Waals surface area contributed by atoms with E-state index in [2.05, 4.69) is 0 Å². The van der Waals surface area contributed by atoms with E-state index in [9.17, 15) is 13.2 Å². The number of urea groups is 1. The minimum Gasteiger partial charge on any atom is -0.351 e. The molecule has 0 aromatic rings. The molecular formula is C8H14N2O3S. The largest absolute Gasteiger partial charge is 0.351 e. The number of fused-ring (bicyclic) bond motifs is 1. The lowest BCUT2D eigenvalue weighted by atomic mass is 10.0. The Bertz CT molecular complexity index is 352. The minimum absolute atomic E-state index is 0.112. The van der Waals surface area contributed by atoms with Crippen molar-refractivity contribution >= 4 is 15.9 Å². The van der Waals surface area contributed by atoms with Gasteiger partial charge in [0.1, 0.15) is 0 Å². The molecule has 2 saturated heterocycles. The van der Waals surface area contributed by atoms with Crippen LogP contribution >= 0.6 is 0 Å². The third-order valence-electron chi connectivity index (χ3n) is 3.16. The van der Waals surface area contributed by atoms with E-state index in [1.807, 2.05) is 0 Å². The van der Waals surface area contributed by atoms with Gasteiger partial charge in [0.25, 0.3) is 0 Å². The Kier molecular flexibility index (Phi) is 2.17. The molecule has 0 aromatic heterocycles. The van der Waals surface area contributed by atoms with Crippen LogP contribution in [0.4, 0.5) is 4.79 Å². The molecule has 80 valence electrons. The van der Waals surface area contributed by atoms with E-state index in [4.69, 9.17) is 5.73 Å². The number of hydrogen-bond acceptors (Lipinski definition) is 3. The van der Waals surface area contributed by atoms with Gasteiger partial charge in [0.05, 0.1) is 11.0 Å². The second kappa shape index (κ2) is 3.12. The highest BCUT2D eigenvalue weighted by atomic mass is 32.2. The number of rotatable bonds is 0. The fourth-order valence-corrected chi connectivity index (χ4v) is 4.49. The van der Waals surface area contributed by atoms with Gasteiger partial charge < -0.3 is 10.6 Å². The zero-order valence-electron chi connectivity index (χ0n) is 7.85. The Hall–Kier alpha value is -0.780. The molecule has 2 amide bonds. The Morgan fingerprint density at radius 3 is 2.64 bits per heavy atom. The average molecular weight is 218 g/mol. The summed E-state index contributed by atoms with van der Waals surface area (Å²) in [7, 11) is -2.98. The molecule has 2 atom stereocenters. The van der Waals surface area contributed by atoms with Gasteiger partial charge in [-0.1, -0.05) is 0 Å². The Balaban J connectivity index is 2.20. The van der Waals surface area contributed by atoms with E-state index in [1.165, 1.54) is 4.90 Å². The van der Waals surface area contributed by atoms with Crippen LogP contribution in [0.2, 0.25) is 0 Å². The maximum absolute atomic E-state index is 11.7. The van der Waals surface area contributed by atoms with E-state index >= 15 is 0 Å². The van der Waals surface area contributed by atoms with Crippen LogP contribution in [-0.4, -0.2) is 43.4 Å². The van der Waals surface area contributed by atoms with Gasteiger partial charge >= 0.3 is 6.03 Å². The van der Waals surface area contributed by atoms with Crippen molar-refractivity contribution in [3.8, 4) is 0 Å². The lowest BCUT2D eigenvalue weighted by molar-refractivity contribution is 0.216. The topological polar surface area (TPSA) is 80.5 Å². The van der Waals surface area contributed by atoms with Crippen molar-refractivity contribution in [2.24, 2.45) is 11.7 Å². The first-order valence-corrected chi connectivity index (χ1v) is 6.48. The number of sulfone groups is 1. The molecule has 2 aliphatic rings. The first-order valence-electron chi connectivity index (χ1n) is 4.76. The summed E-state index contributed by atoms with van der Waals surface area (Å²) in [5.41, 5.74) is 5.13. The fraction of sp³-hybridized carbons (Fsp3) is 0.875. The number of nitrogens with two attached hydrogens (primary N) is 1. The van der Waals surface area contributed by atoms with E-state index in [-0.39, 0.29) is 16.9 Å². The quantitative estimate of drug-likeness (QED) is 0.599. The van der Waals surface area contributed by atoms with Crippen molar-refractivity contribution in [1.29, 1.82) is 0 Å². The zero-order chi connectivity index (χ0) is 10.3. The van der Waals surface area contributed by atoms with Crippen LogP contribution in [-0.2, 0) is 9.84 Å². The standard InChI is InChI=1S/C8H14N2O3S/c9-8(11)10-4-6-2-1-3-14(12,13)7(6)5-10/h6-7H,1-5H2,(H2,9,11)/t6-,7+/m0/s1. The van der Waals surface area contributed by atoms with Gasteiger partial charge in [-0.05, 0) is 18.8 Å². The highest BCUT2D eigenvalue weighted by Gasteiger charge is 2.44. The molecular weight excluding hydrogens is 204 g/mol. The summed E-state index contributed by atoms with van der Waals surface area (Å²) in [4.78, 5) is 12.4. The summed E-state index contributed by atoms with van der Waals surface area (Å²) in [6, 6.07) is -0.505. The molecule has 2 heterocycles. The molecule has 0 bridgehead atoms. The van der Waals surface area contributed by atoms with Crippen molar-refractivity contribution in [1.82, 2.24) is 4.90 Å². The third kappa shape index (κ3) is 1.47. The summed E-state index contributed by atoms with van der Waals surface area (Å²) in [6.45, 7) is 0.807. The van der Waals surface area contributed by atoms with Gasteiger partial charge in [-0.2, -0.15) is 0 Å². The van der Waals surface area contributed by atoms with Crippen LogP contribution in [0.3, 0.4) is 0 Å². The highest BCUT2D eigenvalue weighted by molar-refractivity contribution is 7.92. The molecule has 2 rings (SSSR count). The number of primary amides is 1. The Labute approximate surface area is 83.2 Å². The number of nitrogens with zero attached hydrogens (tertiary/aromatic N) is 1. The maximum atomic E-state index is 11.7. The summed E-state index contributed by atoms with van der Waals surface area (Å²) in [6.07, 6.45) is 1.61. The molecule has 6 heteroatoms. The van der Waals surface area contributed by atoms with Gasteiger partial charge in [-0.15, -0.1) is 0 Å². The molecule has 0 unspecified atom stereocenters. The lowest BCUT2D eigenvalue weighted by Gasteiger charge is -2.23. The summed E-state index contributed by atoms with van der Waals surface area (Å²) in [5.74, 6) is 0.377. The molecule has 0 saturated carbocycles. The molecule has 2 fully saturated rings. The highest BCUT2D eigenvalue weighted by Crippen LogP contribution is 2.32. The van der Waals surface area contributed by atoms with E-state index in [0.717, 1.165) is 12.8 Å². The van der Waals surface area contributed by atoms with E-state index in [1.54, 1.807) is 0 Å². The summed E-state index contributed by atoms with van der Waals surface area (Å²) < 4.78 is 23.3. The Morgan fingerprint density at radius 2 is 2.07 bits per heavy atom. The molecule has 0 aromatic carbocycles. The second-order valence-corrected chi connectivity index (χ2v) is 6.39. The van der Waals surface area contributed by atoms with Gasteiger partial charge in [-0.3, -0.25) is 0 Å². The zero-order valence-corrected chi connectivity index (χ0v) is 8.66. The molecule has 0 spiro atoms. The Morgan fingerprint density at radius 1 is 1.36 bits per heavy atom. The van der Waals surface area contributed by atoms with E-state index in [0.29, 0.717) is 13.1 Å². The number of carbonyl (C=O) groups excluding carboxylic acids is 1. The van der Waals surface area contributed by atoms with Crippen molar-refractivity contribution in [3.05, 3.63) is 0 Å². The lowest BCUT2D eigenvalue weighted by Crippen LogP contribution is -2.37. The van der Waals surface area contributed by atoms with Crippen molar-refractivity contribution < 1.29 is 13.2 Å². The van der Waals surface area contributed by atoms with Gasteiger partial charge in [-0.25, -0.2) is 13.2 Å². The van der Waals surface area contributed by atoms with Crippen LogP contribution < -0.4 is 5.73 Å². The number of likely N-dealkylation sites (tertiary alicyclic amines) is 1. The van der Waals surface area contributed by atoms with Crippen molar-refractivity contribution in [2.45, 2.75) is 18.1 Å². The smallest absolute Gasteiger partial charge is 0.314 e. The average Bonchev–Trinajstić information content (AvgIpc) is 2.48. The molecule has 0 radical (unpaired) electrons. The predicted octanol–water partition coefficient (Wildman–Crippen LogP) is -0.426. The summed E-state index contributed by atoms with van der Waals surface area (Å²) >= 11 is 0. The third-order valence-corrected chi connectivity index (χ3v) is 5.47. The number of hydrogen-bond donors (Lipinski definition) is 1. The van der Waals surface area contributed by atoms with Crippen LogP contribution in [0.5, 0.6) is 0 Å². The van der Waals surface area contributed by atoms with Crippen LogP contribution in [0.15, 0.2) is 0 Å². The van der Waals surface area contributed by atoms with Crippen molar-refractivity contribution in [3.63, 3.8) is 0 Å². The normalized spacial score (nSPS) is 35.3. The van der Waals surface area contributed by atoms with Crippen LogP contribution in [0.1, 0.15) is 12.8 Å². The molecule has 0 aliphatic carbocycles. The SMILES string of the molecule is NC(=O)N1C[C@@H]2CCCS(=O)(=O)[C@@H]2C1. The van der Waals surface area contributed by atoms with Crippen LogP contribution in [0, 0.1) is 5.92 Å². The van der Waals surface area contributed by atoms with Gasteiger partial charge in [0, 0.05) is 13.1 Å². The summed E-state index contributed by atoms with van der Waals surface area (Å²) in [5, 5.41) is -0.358. The molecule has 2 aliphatic heterocycles. The maximum Gasteiger partial charge on any atom is 0.314 e. The minimum atomic E-state index is -2.98. The first kappa shape index (κ1) is 9.76. The van der Waals surface area contributed by atoms with Gasteiger partial charge in [0.2, 0.25) is 0 Å². The van der Waals surface area contributed by atoms with Crippen molar-refractivity contribution in [2.75, 3.05) is 18.8 Å². The molecule has 2 N–H and O–H groups in total. The molecule has 5 nitrogen and oxygen atoms in total. The van der Waals surface area contributed by atoms with E-state index < -0.39 is 15.9 Å². The number of amides is 2.